The Morgan fingerprint density at radius 2 is 1.77 bits per heavy atom. The summed E-state index contributed by atoms with van der Waals surface area (Å²) >= 11 is 0. The molecule has 0 radical (unpaired) electrons. The Balaban J connectivity index is 0.00000342. The fraction of sp³-hybridized carbons (Fsp3) is 0.429. The van der Waals surface area contributed by atoms with Crippen molar-refractivity contribution < 1.29 is 9.53 Å². The minimum Gasteiger partial charge on any atom is -0.497 e. The third kappa shape index (κ3) is 4.90. The van der Waals surface area contributed by atoms with E-state index in [1.807, 2.05) is 41.9 Å². The van der Waals surface area contributed by atoms with Crippen molar-refractivity contribution in [2.45, 2.75) is 71.0 Å². The Morgan fingerprint density at radius 3 is 2.34 bits per heavy atom. The molecular formula is C28H37ClN4O2. The van der Waals surface area contributed by atoms with Gasteiger partial charge in [0.05, 0.1) is 29.9 Å². The fourth-order valence-corrected chi connectivity index (χ4v) is 5.16. The number of ether oxygens (including phenoxy) is 1. The summed E-state index contributed by atoms with van der Waals surface area (Å²) in [4.78, 5) is 13.9. The van der Waals surface area contributed by atoms with Crippen molar-refractivity contribution in [3.63, 3.8) is 0 Å². The SMILES string of the molecule is CCC(CC)(NC(=O)c1c(C)nn2c1N[C@@H](c1ccccc1)CC2(C)C)c1ccc(OC)cc1.Cl. The molecule has 0 aliphatic carbocycles. The lowest BCUT2D eigenvalue weighted by Gasteiger charge is -2.38. The van der Waals surface area contributed by atoms with Gasteiger partial charge in [0, 0.05) is 0 Å². The zero-order chi connectivity index (χ0) is 24.5. The molecule has 2 aromatic carbocycles. The van der Waals surface area contributed by atoms with Gasteiger partial charge in [-0.1, -0.05) is 56.3 Å². The zero-order valence-corrected chi connectivity index (χ0v) is 22.3. The molecule has 1 amide bonds. The molecule has 35 heavy (non-hydrogen) atoms. The van der Waals surface area contributed by atoms with Crippen LogP contribution in [0.4, 0.5) is 5.82 Å². The Labute approximate surface area is 214 Å². The van der Waals surface area contributed by atoms with Crippen LogP contribution in [0.3, 0.4) is 0 Å². The molecular weight excluding hydrogens is 460 g/mol. The summed E-state index contributed by atoms with van der Waals surface area (Å²) in [5, 5.41) is 11.8. The molecule has 2 N–H and O–H groups in total. The molecule has 0 fully saturated rings. The summed E-state index contributed by atoms with van der Waals surface area (Å²) in [6.07, 6.45) is 2.43. The average Bonchev–Trinajstić information content (AvgIpc) is 3.20. The van der Waals surface area contributed by atoms with Gasteiger partial charge in [0.1, 0.15) is 17.1 Å². The van der Waals surface area contributed by atoms with Crippen LogP contribution in [-0.4, -0.2) is 22.8 Å². The highest BCUT2D eigenvalue weighted by Crippen LogP contribution is 2.41. The van der Waals surface area contributed by atoms with Gasteiger partial charge in [-0.25, -0.2) is 4.68 Å². The van der Waals surface area contributed by atoms with Gasteiger partial charge in [-0.2, -0.15) is 5.10 Å². The monoisotopic (exact) mass is 496 g/mol. The summed E-state index contributed by atoms with van der Waals surface area (Å²) in [6.45, 7) is 10.5. The van der Waals surface area contributed by atoms with Crippen LogP contribution in [0.1, 0.15) is 80.2 Å². The zero-order valence-electron chi connectivity index (χ0n) is 21.5. The maximum Gasteiger partial charge on any atom is 0.257 e. The Morgan fingerprint density at radius 1 is 1.14 bits per heavy atom. The predicted octanol–water partition coefficient (Wildman–Crippen LogP) is 6.36. The second-order valence-corrected chi connectivity index (χ2v) is 9.82. The van der Waals surface area contributed by atoms with Gasteiger partial charge in [0.2, 0.25) is 0 Å². The lowest BCUT2D eigenvalue weighted by molar-refractivity contribution is 0.0889. The van der Waals surface area contributed by atoms with Crippen LogP contribution >= 0.6 is 12.4 Å². The van der Waals surface area contributed by atoms with Gasteiger partial charge in [0.25, 0.3) is 5.91 Å². The quantitative estimate of drug-likeness (QED) is 0.399. The summed E-state index contributed by atoms with van der Waals surface area (Å²) in [5.41, 5.74) is 2.93. The Kier molecular flexibility index (Phi) is 7.85. The summed E-state index contributed by atoms with van der Waals surface area (Å²) in [5.74, 6) is 1.49. The molecule has 3 aromatic rings. The van der Waals surface area contributed by atoms with Gasteiger partial charge in [-0.05, 0) is 63.3 Å². The number of anilines is 1. The number of halogens is 1. The first-order valence-electron chi connectivity index (χ1n) is 12.1. The molecule has 1 aliphatic heterocycles. The maximum absolute atomic E-state index is 13.9. The van der Waals surface area contributed by atoms with Crippen molar-refractivity contribution in [1.29, 1.82) is 0 Å². The van der Waals surface area contributed by atoms with E-state index in [1.54, 1.807) is 7.11 Å². The molecule has 4 rings (SSSR count). The van der Waals surface area contributed by atoms with Crippen molar-refractivity contribution in [3.05, 3.63) is 77.0 Å². The largest absolute Gasteiger partial charge is 0.497 e. The second kappa shape index (κ2) is 10.3. The molecule has 7 heteroatoms. The van der Waals surface area contributed by atoms with Gasteiger partial charge >= 0.3 is 0 Å². The number of hydrogen-bond acceptors (Lipinski definition) is 4. The highest BCUT2D eigenvalue weighted by atomic mass is 35.5. The molecule has 0 bridgehead atoms. The Bertz CT molecular complexity index is 1150. The lowest BCUT2D eigenvalue weighted by atomic mass is 9.84. The Hall–Kier alpha value is -2.99. The third-order valence-corrected chi connectivity index (χ3v) is 7.28. The normalized spacial score (nSPS) is 16.5. The van der Waals surface area contributed by atoms with E-state index in [4.69, 9.17) is 9.84 Å². The van der Waals surface area contributed by atoms with Gasteiger partial charge in [-0.3, -0.25) is 4.79 Å². The fourth-order valence-electron chi connectivity index (χ4n) is 5.16. The predicted molar refractivity (Wildman–Crippen MR) is 144 cm³/mol. The van der Waals surface area contributed by atoms with Crippen LogP contribution in [-0.2, 0) is 11.1 Å². The maximum atomic E-state index is 13.9. The van der Waals surface area contributed by atoms with E-state index in [1.165, 1.54) is 5.56 Å². The van der Waals surface area contributed by atoms with E-state index < -0.39 is 5.54 Å². The van der Waals surface area contributed by atoms with Crippen LogP contribution < -0.4 is 15.4 Å². The van der Waals surface area contributed by atoms with E-state index in [0.29, 0.717) is 5.56 Å². The van der Waals surface area contributed by atoms with Crippen molar-refractivity contribution in [3.8, 4) is 5.75 Å². The summed E-state index contributed by atoms with van der Waals surface area (Å²) in [6, 6.07) is 18.5. The summed E-state index contributed by atoms with van der Waals surface area (Å²) in [7, 11) is 1.66. The molecule has 0 saturated carbocycles. The van der Waals surface area contributed by atoms with Crippen LogP contribution in [0.25, 0.3) is 0 Å². The van der Waals surface area contributed by atoms with Crippen LogP contribution in [0.5, 0.6) is 5.75 Å². The van der Waals surface area contributed by atoms with Gasteiger partial charge < -0.3 is 15.4 Å². The van der Waals surface area contributed by atoms with Crippen LogP contribution in [0, 0.1) is 6.92 Å². The third-order valence-electron chi connectivity index (χ3n) is 7.28. The molecule has 0 saturated heterocycles. The molecule has 0 spiro atoms. The topological polar surface area (TPSA) is 68.2 Å². The molecule has 0 unspecified atom stereocenters. The number of fused-ring (bicyclic) bond motifs is 1. The van der Waals surface area contributed by atoms with E-state index in [9.17, 15) is 4.79 Å². The van der Waals surface area contributed by atoms with E-state index in [2.05, 4.69) is 62.6 Å². The van der Waals surface area contributed by atoms with Crippen molar-refractivity contribution in [2.75, 3.05) is 12.4 Å². The number of nitrogens with zero attached hydrogens (tertiary/aromatic N) is 2. The van der Waals surface area contributed by atoms with Gasteiger partial charge in [0.15, 0.2) is 0 Å². The number of benzene rings is 2. The van der Waals surface area contributed by atoms with Crippen LogP contribution in [0.2, 0.25) is 0 Å². The first-order valence-corrected chi connectivity index (χ1v) is 12.1. The number of rotatable bonds is 7. The molecule has 2 heterocycles. The highest BCUT2D eigenvalue weighted by Gasteiger charge is 2.39. The van der Waals surface area contributed by atoms with E-state index in [0.717, 1.165) is 42.1 Å². The van der Waals surface area contributed by atoms with Crippen molar-refractivity contribution in [2.24, 2.45) is 0 Å². The van der Waals surface area contributed by atoms with Crippen molar-refractivity contribution >= 4 is 24.1 Å². The van der Waals surface area contributed by atoms with E-state index in [-0.39, 0.29) is 29.9 Å². The number of carbonyl (C=O) groups excluding carboxylic acids is 1. The standard InChI is InChI=1S/C28H36N4O2.ClH/c1-7-28(8-2,21-14-16-22(34-6)17-15-21)30-26(33)24-19(3)31-32-25(24)29-23(18-27(32,4)5)20-12-10-9-11-13-20;/h9-17,23,29H,7-8,18H2,1-6H3,(H,30,33);1H/t23-;/m1./s1. The van der Waals surface area contributed by atoms with Crippen molar-refractivity contribution in [1.82, 2.24) is 15.1 Å². The minimum atomic E-state index is -0.479. The molecule has 1 aliphatic rings. The number of hydrogen-bond donors (Lipinski definition) is 2. The average molecular weight is 497 g/mol. The van der Waals surface area contributed by atoms with Crippen LogP contribution in [0.15, 0.2) is 54.6 Å². The molecule has 1 aromatic heterocycles. The highest BCUT2D eigenvalue weighted by molar-refractivity contribution is 6.00. The first-order chi connectivity index (χ1) is 16.2. The molecule has 1 atom stereocenters. The number of amides is 1. The van der Waals surface area contributed by atoms with Gasteiger partial charge in [-0.15, -0.1) is 12.4 Å². The number of methoxy groups -OCH3 is 1. The first kappa shape index (κ1) is 26.6. The molecule has 188 valence electrons. The second-order valence-electron chi connectivity index (χ2n) is 9.82. The summed E-state index contributed by atoms with van der Waals surface area (Å²) < 4.78 is 7.32. The van der Waals surface area contributed by atoms with E-state index >= 15 is 0 Å². The lowest BCUT2D eigenvalue weighted by Crippen LogP contribution is -2.45. The minimum absolute atomic E-state index is 0. The smallest absolute Gasteiger partial charge is 0.257 e. The number of carbonyl (C=O) groups is 1. The molecule has 6 nitrogen and oxygen atoms in total. The number of aromatic nitrogens is 2. The number of nitrogens with one attached hydrogen (secondary N) is 2. The number of aryl methyl sites for hydroxylation is 1.